The van der Waals surface area contributed by atoms with Gasteiger partial charge in [0.1, 0.15) is 11.3 Å². The lowest BCUT2D eigenvalue weighted by molar-refractivity contribution is 0.0524. The zero-order valence-electron chi connectivity index (χ0n) is 11.8. The summed E-state index contributed by atoms with van der Waals surface area (Å²) in [4.78, 5) is 16.5. The van der Waals surface area contributed by atoms with Crippen molar-refractivity contribution in [2.24, 2.45) is 0 Å². The molecule has 0 saturated carbocycles. The molecule has 110 valence electrons. The molecule has 0 atom stereocenters. The van der Waals surface area contributed by atoms with Crippen molar-refractivity contribution < 1.29 is 23.7 Å². The smallest absolute Gasteiger partial charge is 0.344 e. The Morgan fingerprint density at radius 3 is 2.95 bits per heavy atom. The van der Waals surface area contributed by atoms with E-state index in [0.29, 0.717) is 34.8 Å². The minimum atomic E-state index is -0.481. The number of ether oxygens (including phenoxy) is 4. The van der Waals surface area contributed by atoms with Gasteiger partial charge in [0.05, 0.1) is 18.7 Å². The van der Waals surface area contributed by atoms with Crippen LogP contribution in [0, 0.1) is 0 Å². The highest BCUT2D eigenvalue weighted by atomic mass is 16.7. The number of pyridine rings is 1. The summed E-state index contributed by atoms with van der Waals surface area (Å²) in [7, 11) is 0. The highest BCUT2D eigenvalue weighted by Gasteiger charge is 2.28. The minimum Gasteiger partial charge on any atom is -0.493 e. The van der Waals surface area contributed by atoms with Gasteiger partial charge < -0.3 is 18.9 Å². The van der Waals surface area contributed by atoms with Crippen LogP contribution >= 0.6 is 0 Å². The summed E-state index contributed by atoms with van der Waals surface area (Å²) in [6.45, 7) is 4.51. The molecule has 0 spiro atoms. The summed E-state index contributed by atoms with van der Waals surface area (Å²) in [6, 6.07) is 3.53. The van der Waals surface area contributed by atoms with Crippen LogP contribution in [0.4, 0.5) is 0 Å². The zero-order chi connectivity index (χ0) is 14.8. The largest absolute Gasteiger partial charge is 0.493 e. The molecule has 0 N–H and O–H groups in total. The number of esters is 1. The van der Waals surface area contributed by atoms with Crippen molar-refractivity contribution in [1.82, 2.24) is 4.98 Å². The van der Waals surface area contributed by atoms with Crippen LogP contribution in [0.5, 0.6) is 17.2 Å². The molecule has 1 aliphatic heterocycles. The molecule has 0 unspecified atom stereocenters. The van der Waals surface area contributed by atoms with Crippen molar-refractivity contribution in [3.05, 3.63) is 23.9 Å². The fourth-order valence-electron chi connectivity index (χ4n) is 2.30. The molecule has 0 bridgehead atoms. The number of carbonyl (C=O) groups excluding carboxylic acids is 1. The fraction of sp³-hybridized carbons (Fsp3) is 0.333. The Labute approximate surface area is 121 Å². The van der Waals surface area contributed by atoms with Crippen LogP contribution in [0.3, 0.4) is 0 Å². The summed E-state index contributed by atoms with van der Waals surface area (Å²) in [5.41, 5.74) is 0.770. The number of rotatable bonds is 4. The van der Waals surface area contributed by atoms with Crippen molar-refractivity contribution in [3.8, 4) is 17.2 Å². The summed E-state index contributed by atoms with van der Waals surface area (Å²) < 4.78 is 21.5. The first-order valence-electron chi connectivity index (χ1n) is 6.77. The molecule has 2 aromatic rings. The maximum atomic E-state index is 12.2. The predicted molar refractivity (Wildman–Crippen MR) is 75.0 cm³/mol. The van der Waals surface area contributed by atoms with Crippen molar-refractivity contribution in [3.63, 3.8) is 0 Å². The maximum absolute atomic E-state index is 12.2. The van der Waals surface area contributed by atoms with Gasteiger partial charge in [0.25, 0.3) is 0 Å². The molecule has 0 radical (unpaired) electrons. The van der Waals surface area contributed by atoms with E-state index in [2.05, 4.69) is 4.98 Å². The van der Waals surface area contributed by atoms with E-state index < -0.39 is 5.97 Å². The fourth-order valence-corrected chi connectivity index (χ4v) is 2.30. The lowest BCUT2D eigenvalue weighted by Crippen LogP contribution is -2.08. The van der Waals surface area contributed by atoms with Gasteiger partial charge in [-0.1, -0.05) is 0 Å². The molecule has 6 heteroatoms. The monoisotopic (exact) mass is 289 g/mol. The normalized spacial score (nSPS) is 12.5. The number of aromatic nitrogens is 1. The average molecular weight is 289 g/mol. The summed E-state index contributed by atoms with van der Waals surface area (Å²) >= 11 is 0. The number of carbonyl (C=O) groups is 1. The second-order valence-corrected chi connectivity index (χ2v) is 4.34. The van der Waals surface area contributed by atoms with Gasteiger partial charge in [-0.05, 0) is 26.0 Å². The van der Waals surface area contributed by atoms with Crippen LogP contribution in [-0.4, -0.2) is 31.0 Å². The summed E-state index contributed by atoms with van der Waals surface area (Å²) in [5, 5.41) is 0.701. The molecule has 0 saturated heterocycles. The van der Waals surface area contributed by atoms with Gasteiger partial charge >= 0.3 is 5.97 Å². The second kappa shape index (κ2) is 5.47. The van der Waals surface area contributed by atoms with Crippen LogP contribution in [0.1, 0.15) is 24.2 Å². The molecular weight excluding hydrogens is 274 g/mol. The second-order valence-electron chi connectivity index (χ2n) is 4.34. The molecule has 0 aliphatic carbocycles. The molecular formula is C15H15NO5. The molecule has 0 fully saturated rings. The van der Waals surface area contributed by atoms with Gasteiger partial charge in [-0.3, -0.25) is 4.98 Å². The van der Waals surface area contributed by atoms with E-state index in [1.165, 1.54) is 0 Å². The van der Waals surface area contributed by atoms with E-state index in [-0.39, 0.29) is 19.0 Å². The topological polar surface area (TPSA) is 66.9 Å². The van der Waals surface area contributed by atoms with Crippen LogP contribution < -0.4 is 14.2 Å². The van der Waals surface area contributed by atoms with Gasteiger partial charge in [-0.15, -0.1) is 0 Å². The Morgan fingerprint density at radius 1 is 1.33 bits per heavy atom. The zero-order valence-corrected chi connectivity index (χ0v) is 11.8. The highest BCUT2D eigenvalue weighted by Crippen LogP contribution is 2.42. The van der Waals surface area contributed by atoms with Gasteiger partial charge in [0.15, 0.2) is 11.5 Å². The Morgan fingerprint density at radius 2 is 2.19 bits per heavy atom. The van der Waals surface area contributed by atoms with Gasteiger partial charge in [-0.25, -0.2) is 4.79 Å². The minimum absolute atomic E-state index is 0.0715. The lowest BCUT2D eigenvalue weighted by atomic mass is 10.1. The molecule has 6 nitrogen and oxygen atoms in total. The summed E-state index contributed by atoms with van der Waals surface area (Å²) in [5.74, 6) is 1.04. The number of hydrogen-bond acceptors (Lipinski definition) is 6. The van der Waals surface area contributed by atoms with Crippen LogP contribution in [0.2, 0.25) is 0 Å². The number of nitrogens with zero attached hydrogens (tertiary/aromatic N) is 1. The van der Waals surface area contributed by atoms with E-state index in [4.69, 9.17) is 18.9 Å². The Balaban J connectivity index is 2.28. The van der Waals surface area contributed by atoms with Crippen LogP contribution in [0.25, 0.3) is 10.9 Å². The van der Waals surface area contributed by atoms with Gasteiger partial charge in [0, 0.05) is 11.6 Å². The summed E-state index contributed by atoms with van der Waals surface area (Å²) in [6.07, 6.45) is 1.60. The van der Waals surface area contributed by atoms with Gasteiger partial charge in [0.2, 0.25) is 6.79 Å². The maximum Gasteiger partial charge on any atom is 0.344 e. The van der Waals surface area contributed by atoms with Crippen molar-refractivity contribution in [1.29, 1.82) is 0 Å². The number of fused-ring (bicyclic) bond motifs is 2. The van der Waals surface area contributed by atoms with E-state index in [1.54, 1.807) is 25.3 Å². The quantitative estimate of drug-likeness (QED) is 0.806. The Hall–Kier alpha value is -2.50. The van der Waals surface area contributed by atoms with Crippen LogP contribution in [0.15, 0.2) is 18.3 Å². The standard InChI is InChI=1S/C15H15NO5/c1-3-18-10-5-6-16-13-9(10)7-11-14(21-8-20-11)12(13)15(17)19-4-2/h5-7H,3-4,8H2,1-2H3. The third kappa shape index (κ3) is 2.22. The van der Waals surface area contributed by atoms with Crippen LogP contribution in [-0.2, 0) is 4.74 Å². The first-order chi connectivity index (χ1) is 10.3. The average Bonchev–Trinajstić information content (AvgIpc) is 2.93. The highest BCUT2D eigenvalue weighted by molar-refractivity contribution is 6.08. The Kier molecular flexibility index (Phi) is 3.51. The third-order valence-electron chi connectivity index (χ3n) is 3.11. The molecule has 1 aromatic heterocycles. The van der Waals surface area contributed by atoms with Crippen molar-refractivity contribution >= 4 is 16.9 Å². The van der Waals surface area contributed by atoms with Crippen molar-refractivity contribution in [2.75, 3.05) is 20.0 Å². The molecule has 1 aliphatic rings. The molecule has 0 amide bonds. The van der Waals surface area contributed by atoms with Crippen molar-refractivity contribution in [2.45, 2.75) is 13.8 Å². The van der Waals surface area contributed by atoms with Gasteiger partial charge in [-0.2, -0.15) is 0 Å². The molecule has 21 heavy (non-hydrogen) atoms. The van der Waals surface area contributed by atoms with E-state index >= 15 is 0 Å². The molecule has 3 rings (SSSR count). The first kappa shape index (κ1) is 13.5. The predicted octanol–water partition coefficient (Wildman–Crippen LogP) is 2.54. The number of benzene rings is 1. The third-order valence-corrected chi connectivity index (χ3v) is 3.11. The number of hydrogen-bond donors (Lipinski definition) is 0. The van der Waals surface area contributed by atoms with E-state index in [0.717, 1.165) is 0 Å². The molecule has 1 aromatic carbocycles. The SMILES string of the molecule is CCOC(=O)c1c2c(cc3c(OCC)ccnc13)OCO2. The van der Waals surface area contributed by atoms with E-state index in [9.17, 15) is 4.79 Å². The Bertz CT molecular complexity index is 698. The first-order valence-corrected chi connectivity index (χ1v) is 6.77. The molecule has 2 heterocycles. The lowest BCUT2D eigenvalue weighted by Gasteiger charge is -2.11. The van der Waals surface area contributed by atoms with E-state index in [1.807, 2.05) is 6.92 Å².